The molecule has 0 saturated carbocycles. The first kappa shape index (κ1) is 21.0. The Labute approximate surface area is 194 Å². The summed E-state index contributed by atoms with van der Waals surface area (Å²) in [5.41, 5.74) is 2.68. The van der Waals surface area contributed by atoms with Crippen LogP contribution in [0.4, 0.5) is 11.5 Å². The van der Waals surface area contributed by atoms with E-state index in [2.05, 4.69) is 25.3 Å². The van der Waals surface area contributed by atoms with Crippen LogP contribution < -0.4 is 10.9 Å². The van der Waals surface area contributed by atoms with Gasteiger partial charge in [-0.2, -0.15) is 0 Å². The topological polar surface area (TPSA) is 103 Å². The van der Waals surface area contributed by atoms with Gasteiger partial charge in [0.25, 0.3) is 5.56 Å². The van der Waals surface area contributed by atoms with Crippen LogP contribution in [0.15, 0.2) is 76.5 Å². The van der Waals surface area contributed by atoms with Crippen LogP contribution in [0.3, 0.4) is 0 Å². The molecular weight excluding hydrogens is 430 g/mol. The number of anilines is 1. The normalized spacial score (nSPS) is 11.8. The fourth-order valence-corrected chi connectivity index (χ4v) is 3.86. The van der Waals surface area contributed by atoms with Gasteiger partial charge in [-0.25, -0.2) is 14.8 Å². The second-order valence-corrected chi connectivity index (χ2v) is 7.69. The molecule has 0 fully saturated rings. The molecule has 166 valence electrons. The van der Waals surface area contributed by atoms with E-state index < -0.39 is 6.04 Å². The van der Waals surface area contributed by atoms with Crippen molar-refractivity contribution in [3.05, 3.63) is 101 Å². The van der Waals surface area contributed by atoms with Crippen molar-refractivity contribution >= 4 is 22.4 Å². The number of para-hydroxylation sites is 1. The molecule has 34 heavy (non-hydrogen) atoms. The third-order valence-corrected chi connectivity index (χ3v) is 5.43. The lowest BCUT2D eigenvalue weighted by molar-refractivity contribution is 0.420. The Bertz CT molecular complexity index is 1590. The van der Waals surface area contributed by atoms with Crippen LogP contribution in [0.1, 0.15) is 24.6 Å². The van der Waals surface area contributed by atoms with Crippen molar-refractivity contribution in [2.24, 2.45) is 0 Å². The Morgan fingerprint density at radius 1 is 1.09 bits per heavy atom. The van der Waals surface area contributed by atoms with Gasteiger partial charge in [0, 0.05) is 17.3 Å². The molecular formula is C25H19N7O2. The molecule has 0 saturated heterocycles. The van der Waals surface area contributed by atoms with Gasteiger partial charge in [-0.1, -0.05) is 35.5 Å². The van der Waals surface area contributed by atoms with Gasteiger partial charge in [-0.15, -0.1) is 0 Å². The molecule has 9 heteroatoms. The Hall–Kier alpha value is -4.84. The number of aryl methyl sites for hydroxylation is 1. The number of rotatable bonds is 5. The van der Waals surface area contributed by atoms with Gasteiger partial charge in [-0.05, 0) is 32.0 Å². The van der Waals surface area contributed by atoms with Crippen LogP contribution in [-0.4, -0.2) is 24.7 Å². The predicted molar refractivity (Wildman–Crippen MR) is 128 cm³/mol. The third-order valence-electron chi connectivity index (χ3n) is 5.43. The molecule has 5 rings (SSSR count). The first-order chi connectivity index (χ1) is 16.6. The quantitative estimate of drug-likeness (QED) is 0.382. The number of aromatic nitrogens is 5. The Balaban J connectivity index is 1.74. The van der Waals surface area contributed by atoms with Gasteiger partial charge in [-0.3, -0.25) is 14.3 Å². The van der Waals surface area contributed by atoms with Crippen molar-refractivity contribution in [1.29, 1.82) is 0 Å². The van der Waals surface area contributed by atoms with Crippen LogP contribution >= 0.6 is 0 Å². The van der Waals surface area contributed by atoms with E-state index in [9.17, 15) is 4.79 Å². The van der Waals surface area contributed by atoms with E-state index in [1.54, 1.807) is 23.8 Å². The highest BCUT2D eigenvalue weighted by Gasteiger charge is 2.21. The Morgan fingerprint density at radius 2 is 1.91 bits per heavy atom. The molecule has 0 bridgehead atoms. The van der Waals surface area contributed by atoms with Crippen molar-refractivity contribution < 1.29 is 4.52 Å². The van der Waals surface area contributed by atoms with E-state index in [1.165, 1.54) is 12.5 Å². The molecule has 0 amide bonds. The van der Waals surface area contributed by atoms with Crippen molar-refractivity contribution in [2.45, 2.75) is 19.9 Å². The molecule has 1 N–H and O–H groups in total. The summed E-state index contributed by atoms with van der Waals surface area (Å²) >= 11 is 0. The van der Waals surface area contributed by atoms with Crippen LogP contribution in [-0.2, 0) is 0 Å². The average molecular weight is 449 g/mol. The fourth-order valence-electron chi connectivity index (χ4n) is 3.86. The minimum atomic E-state index is -0.452. The van der Waals surface area contributed by atoms with E-state index in [-0.39, 0.29) is 5.56 Å². The fraction of sp³-hybridized carbons (Fsp3) is 0.120. The van der Waals surface area contributed by atoms with Gasteiger partial charge >= 0.3 is 0 Å². The SMILES string of the molecule is [C-]#[N+]c1cnc(C)nc1N[C@@H](C)c1nc2cccc(-c3cnoc3)c2c(=O)n1-c1ccccc1. The predicted octanol–water partition coefficient (Wildman–Crippen LogP) is 4.86. The molecule has 0 spiro atoms. The third kappa shape index (κ3) is 3.67. The number of hydrogen-bond acceptors (Lipinski definition) is 7. The molecule has 9 nitrogen and oxygen atoms in total. The van der Waals surface area contributed by atoms with E-state index in [4.69, 9.17) is 16.1 Å². The Kier molecular flexibility index (Phi) is 5.32. The summed E-state index contributed by atoms with van der Waals surface area (Å²) in [4.78, 5) is 30.8. The van der Waals surface area contributed by atoms with Crippen LogP contribution in [0.25, 0.3) is 32.6 Å². The minimum Gasteiger partial charge on any atom is -0.369 e. The number of nitrogens with one attached hydrogen (secondary N) is 1. The molecule has 0 aliphatic rings. The highest BCUT2D eigenvalue weighted by Crippen LogP contribution is 2.29. The van der Waals surface area contributed by atoms with Gasteiger partial charge in [0.2, 0.25) is 5.69 Å². The first-order valence-electron chi connectivity index (χ1n) is 10.6. The van der Waals surface area contributed by atoms with Gasteiger partial charge < -0.3 is 9.84 Å². The van der Waals surface area contributed by atoms with Crippen LogP contribution in [0.5, 0.6) is 0 Å². The van der Waals surface area contributed by atoms with E-state index in [0.717, 1.165) is 0 Å². The zero-order valence-electron chi connectivity index (χ0n) is 18.4. The van der Waals surface area contributed by atoms with Crippen molar-refractivity contribution in [3.8, 4) is 16.8 Å². The van der Waals surface area contributed by atoms with Crippen LogP contribution in [0.2, 0.25) is 0 Å². The number of hydrogen-bond donors (Lipinski definition) is 1. The standard InChI is InChI=1S/C25H19N7O2/c1-15(29-23-21(26-3)13-27-16(2)30-23)24-31-20-11-7-10-19(17-12-28-34-14-17)22(20)25(33)32(24)18-8-5-4-6-9-18/h4-15H,1-2H3,(H,27,29,30)/t15-/m0/s1. The lowest BCUT2D eigenvalue weighted by atomic mass is 10.0. The molecule has 5 aromatic rings. The summed E-state index contributed by atoms with van der Waals surface area (Å²) in [5, 5.41) is 7.50. The van der Waals surface area contributed by atoms with Crippen molar-refractivity contribution in [1.82, 2.24) is 24.7 Å². The molecule has 3 heterocycles. The lowest BCUT2D eigenvalue weighted by Gasteiger charge is -2.21. The maximum Gasteiger partial charge on any atom is 0.266 e. The van der Waals surface area contributed by atoms with Crippen molar-refractivity contribution in [3.63, 3.8) is 0 Å². The monoisotopic (exact) mass is 449 g/mol. The zero-order valence-corrected chi connectivity index (χ0v) is 18.4. The smallest absolute Gasteiger partial charge is 0.266 e. The van der Waals surface area contributed by atoms with Gasteiger partial charge in [0.15, 0.2) is 0 Å². The average Bonchev–Trinajstić information content (AvgIpc) is 3.39. The summed E-state index contributed by atoms with van der Waals surface area (Å²) < 4.78 is 6.59. The maximum atomic E-state index is 14.0. The summed E-state index contributed by atoms with van der Waals surface area (Å²) in [6.07, 6.45) is 4.55. The number of benzene rings is 2. The maximum absolute atomic E-state index is 14.0. The summed E-state index contributed by atoms with van der Waals surface area (Å²) in [6.45, 7) is 11.1. The highest BCUT2D eigenvalue weighted by molar-refractivity contribution is 5.93. The Morgan fingerprint density at radius 3 is 2.65 bits per heavy atom. The number of nitrogens with zero attached hydrogens (tertiary/aromatic N) is 6. The second kappa shape index (κ2) is 8.60. The van der Waals surface area contributed by atoms with E-state index in [1.807, 2.05) is 49.4 Å². The van der Waals surface area contributed by atoms with E-state index >= 15 is 0 Å². The largest absolute Gasteiger partial charge is 0.369 e. The molecule has 0 aliphatic heterocycles. The molecule has 3 aromatic heterocycles. The first-order valence-corrected chi connectivity index (χ1v) is 10.6. The minimum absolute atomic E-state index is 0.221. The summed E-state index contributed by atoms with van der Waals surface area (Å²) in [5.74, 6) is 1.41. The summed E-state index contributed by atoms with van der Waals surface area (Å²) in [7, 11) is 0. The van der Waals surface area contributed by atoms with Crippen molar-refractivity contribution in [2.75, 3.05) is 5.32 Å². The number of fused-ring (bicyclic) bond motifs is 1. The van der Waals surface area contributed by atoms with Crippen LogP contribution in [0, 0.1) is 13.5 Å². The van der Waals surface area contributed by atoms with Gasteiger partial charge in [0.05, 0.1) is 35.4 Å². The molecule has 0 aliphatic carbocycles. The molecule has 2 aromatic carbocycles. The summed E-state index contributed by atoms with van der Waals surface area (Å²) in [6, 6.07) is 14.4. The molecule has 1 atom stereocenters. The molecule has 0 radical (unpaired) electrons. The van der Waals surface area contributed by atoms with Gasteiger partial charge in [0.1, 0.15) is 23.7 Å². The molecule has 0 unspecified atom stereocenters. The highest BCUT2D eigenvalue weighted by atomic mass is 16.5. The lowest BCUT2D eigenvalue weighted by Crippen LogP contribution is -2.27. The van der Waals surface area contributed by atoms with E-state index in [0.29, 0.717) is 50.9 Å². The second-order valence-electron chi connectivity index (χ2n) is 7.69. The zero-order chi connectivity index (χ0) is 23.7.